The van der Waals surface area contributed by atoms with Gasteiger partial charge in [0.2, 0.25) is 5.89 Å². The summed E-state index contributed by atoms with van der Waals surface area (Å²) in [5.74, 6) is 2.33. The average molecular weight is 363 g/mol. The van der Waals surface area contributed by atoms with E-state index in [4.69, 9.17) is 9.15 Å². The molecule has 0 aliphatic carbocycles. The first-order valence-electron chi connectivity index (χ1n) is 9.01. The normalized spacial score (nSPS) is 11.4. The lowest BCUT2D eigenvalue weighted by Gasteiger charge is -2.24. The van der Waals surface area contributed by atoms with Crippen molar-refractivity contribution in [1.29, 1.82) is 0 Å². The highest BCUT2D eigenvalue weighted by Crippen LogP contribution is 2.31. The molecule has 0 atom stereocenters. The molecule has 0 radical (unpaired) electrons. The predicted molar refractivity (Wildman–Crippen MR) is 107 cm³/mol. The molecule has 4 nitrogen and oxygen atoms in total. The molecule has 0 aliphatic heterocycles. The molecule has 0 amide bonds. The van der Waals surface area contributed by atoms with Gasteiger partial charge in [-0.05, 0) is 50.6 Å². The molecule has 0 bridgehead atoms. The molecule has 3 aromatic rings. The van der Waals surface area contributed by atoms with E-state index in [0.717, 1.165) is 28.3 Å². The summed E-state index contributed by atoms with van der Waals surface area (Å²) in [6, 6.07) is 17.6. The van der Waals surface area contributed by atoms with Crippen LogP contribution in [-0.2, 0) is 11.8 Å². The van der Waals surface area contributed by atoms with Gasteiger partial charge in [-0.1, -0.05) is 36.9 Å². The van der Waals surface area contributed by atoms with Crippen molar-refractivity contribution in [2.75, 3.05) is 6.61 Å². The van der Waals surface area contributed by atoms with Gasteiger partial charge in [-0.2, -0.15) is 0 Å². The van der Waals surface area contributed by atoms with E-state index >= 15 is 0 Å². The lowest BCUT2D eigenvalue weighted by Crippen LogP contribution is -2.19. The number of nitrogens with zero attached hydrogens (tertiary/aromatic N) is 1. The van der Waals surface area contributed by atoms with Gasteiger partial charge < -0.3 is 14.3 Å². The fourth-order valence-corrected chi connectivity index (χ4v) is 2.77. The van der Waals surface area contributed by atoms with E-state index < -0.39 is 5.41 Å². The van der Waals surface area contributed by atoms with Crippen molar-refractivity contribution in [3.05, 3.63) is 84.0 Å². The first-order valence-corrected chi connectivity index (χ1v) is 9.01. The molecule has 0 saturated carbocycles. The molecule has 4 heteroatoms. The molecule has 0 spiro atoms. The van der Waals surface area contributed by atoms with Gasteiger partial charge in [0.05, 0.1) is 18.1 Å². The highest BCUT2D eigenvalue weighted by Gasteiger charge is 2.24. The Hall–Kier alpha value is -3.01. The summed E-state index contributed by atoms with van der Waals surface area (Å²) < 4.78 is 11.7. The Balaban J connectivity index is 1.66. The molecular weight excluding hydrogens is 338 g/mol. The lowest BCUT2D eigenvalue weighted by molar-refractivity contribution is 0.312. The van der Waals surface area contributed by atoms with Crippen LogP contribution in [0.3, 0.4) is 0 Å². The summed E-state index contributed by atoms with van der Waals surface area (Å²) >= 11 is 0. The number of aliphatic hydroxyl groups excluding tert-OH is 1. The number of aryl methyl sites for hydroxylation is 1. The molecule has 0 saturated heterocycles. The topological polar surface area (TPSA) is 55.5 Å². The van der Waals surface area contributed by atoms with Gasteiger partial charge in [0.25, 0.3) is 0 Å². The molecule has 27 heavy (non-hydrogen) atoms. The molecule has 1 N–H and O–H groups in total. The Kier molecular flexibility index (Phi) is 5.36. The van der Waals surface area contributed by atoms with Crippen molar-refractivity contribution in [1.82, 2.24) is 4.98 Å². The van der Waals surface area contributed by atoms with E-state index in [0.29, 0.717) is 18.9 Å². The maximum atomic E-state index is 9.82. The highest BCUT2D eigenvalue weighted by atomic mass is 16.5. The zero-order valence-corrected chi connectivity index (χ0v) is 16.0. The second-order valence-corrected chi connectivity index (χ2v) is 7.09. The summed E-state index contributed by atoms with van der Waals surface area (Å²) in [4.78, 5) is 4.60. The third kappa shape index (κ3) is 4.22. The number of hydrogen-bond donors (Lipinski definition) is 1. The smallest absolute Gasteiger partial charge is 0.226 e. The monoisotopic (exact) mass is 363 g/mol. The van der Waals surface area contributed by atoms with Crippen molar-refractivity contribution in [3.63, 3.8) is 0 Å². The van der Waals surface area contributed by atoms with Crippen LogP contribution in [0.15, 0.2) is 71.4 Å². The molecule has 3 rings (SSSR count). The van der Waals surface area contributed by atoms with Gasteiger partial charge in [-0.25, -0.2) is 4.98 Å². The Morgan fingerprint density at radius 3 is 2.59 bits per heavy atom. The molecule has 2 aromatic carbocycles. The van der Waals surface area contributed by atoms with Crippen LogP contribution in [0.25, 0.3) is 11.5 Å². The van der Waals surface area contributed by atoms with Gasteiger partial charge in [0, 0.05) is 17.4 Å². The first-order chi connectivity index (χ1) is 12.9. The minimum absolute atomic E-state index is 0.131. The SMILES string of the molecule is C=C(O)C(C)(C)c1cccc(OCCc2nc(-c3ccccc3)oc2C)c1. The van der Waals surface area contributed by atoms with Gasteiger partial charge >= 0.3 is 0 Å². The van der Waals surface area contributed by atoms with Crippen LogP contribution < -0.4 is 4.74 Å². The summed E-state index contributed by atoms with van der Waals surface area (Å²) in [5, 5.41) is 9.82. The molecule has 0 aliphatic rings. The van der Waals surface area contributed by atoms with Crippen molar-refractivity contribution >= 4 is 0 Å². The van der Waals surface area contributed by atoms with E-state index in [2.05, 4.69) is 11.6 Å². The van der Waals surface area contributed by atoms with Crippen molar-refractivity contribution in [2.24, 2.45) is 0 Å². The second kappa shape index (κ2) is 7.70. The largest absolute Gasteiger partial charge is 0.512 e. The number of oxazole rings is 1. The standard InChI is InChI=1S/C23H25NO3/c1-16-21(24-22(27-16)18-9-6-5-7-10-18)13-14-26-20-12-8-11-19(15-20)23(3,4)17(2)25/h5-12,15,25H,2,13-14H2,1,3-4H3. The van der Waals surface area contributed by atoms with E-state index in [1.807, 2.05) is 75.4 Å². The number of benzene rings is 2. The van der Waals surface area contributed by atoms with Crippen molar-refractivity contribution in [2.45, 2.75) is 32.6 Å². The Morgan fingerprint density at radius 1 is 1.15 bits per heavy atom. The number of ether oxygens (including phenoxy) is 1. The minimum atomic E-state index is -0.521. The van der Waals surface area contributed by atoms with Gasteiger partial charge in [-0.3, -0.25) is 0 Å². The number of allylic oxidation sites excluding steroid dienone is 1. The molecule has 140 valence electrons. The molecule has 0 unspecified atom stereocenters. The Bertz CT molecular complexity index is 926. The maximum Gasteiger partial charge on any atom is 0.226 e. The van der Waals surface area contributed by atoms with Crippen LogP contribution in [0.1, 0.15) is 30.9 Å². The van der Waals surface area contributed by atoms with Crippen LogP contribution in [0.4, 0.5) is 0 Å². The van der Waals surface area contributed by atoms with Crippen LogP contribution in [0, 0.1) is 6.92 Å². The second-order valence-electron chi connectivity index (χ2n) is 7.09. The quantitative estimate of drug-likeness (QED) is 0.554. The van der Waals surface area contributed by atoms with Gasteiger partial charge in [0.1, 0.15) is 11.5 Å². The van der Waals surface area contributed by atoms with Gasteiger partial charge in [0.15, 0.2) is 0 Å². The van der Waals surface area contributed by atoms with Crippen LogP contribution in [0.2, 0.25) is 0 Å². The number of aliphatic hydroxyl groups is 1. The third-order valence-electron chi connectivity index (χ3n) is 4.80. The van der Waals surface area contributed by atoms with E-state index in [-0.39, 0.29) is 5.76 Å². The summed E-state index contributed by atoms with van der Waals surface area (Å²) in [6.07, 6.45) is 0.655. The minimum Gasteiger partial charge on any atom is -0.512 e. The number of aromatic nitrogens is 1. The summed E-state index contributed by atoms with van der Waals surface area (Å²) in [5.41, 5.74) is 2.30. The first kappa shape index (κ1) is 18.8. The highest BCUT2D eigenvalue weighted by molar-refractivity contribution is 5.53. The zero-order valence-electron chi connectivity index (χ0n) is 16.0. The molecule has 0 fully saturated rings. The van der Waals surface area contributed by atoms with Crippen LogP contribution in [0.5, 0.6) is 5.75 Å². The van der Waals surface area contributed by atoms with Gasteiger partial charge in [-0.15, -0.1) is 0 Å². The number of hydrogen-bond acceptors (Lipinski definition) is 4. The van der Waals surface area contributed by atoms with Crippen molar-refractivity contribution in [3.8, 4) is 17.2 Å². The van der Waals surface area contributed by atoms with E-state index in [1.165, 1.54) is 0 Å². The summed E-state index contributed by atoms with van der Waals surface area (Å²) in [7, 11) is 0. The van der Waals surface area contributed by atoms with Crippen molar-refractivity contribution < 1.29 is 14.3 Å². The molecule has 1 heterocycles. The number of rotatable bonds is 7. The van der Waals surface area contributed by atoms with E-state index in [1.54, 1.807) is 0 Å². The average Bonchev–Trinajstić information content (AvgIpc) is 3.03. The fourth-order valence-electron chi connectivity index (χ4n) is 2.77. The predicted octanol–water partition coefficient (Wildman–Crippen LogP) is 5.62. The Labute approximate surface area is 160 Å². The lowest BCUT2D eigenvalue weighted by atomic mass is 9.83. The van der Waals surface area contributed by atoms with Crippen LogP contribution >= 0.6 is 0 Å². The van der Waals surface area contributed by atoms with E-state index in [9.17, 15) is 5.11 Å². The molecular formula is C23H25NO3. The third-order valence-corrected chi connectivity index (χ3v) is 4.80. The maximum absolute atomic E-state index is 9.82. The fraction of sp³-hybridized carbons (Fsp3) is 0.261. The van der Waals surface area contributed by atoms with Crippen LogP contribution in [-0.4, -0.2) is 16.7 Å². The molecule has 1 aromatic heterocycles. The zero-order chi connectivity index (χ0) is 19.4. The summed E-state index contributed by atoms with van der Waals surface area (Å²) in [6.45, 7) is 9.94. The Morgan fingerprint density at radius 2 is 1.89 bits per heavy atom.